The van der Waals surface area contributed by atoms with E-state index in [1.165, 1.54) is 24.3 Å². The summed E-state index contributed by atoms with van der Waals surface area (Å²) >= 11 is 0. The molecule has 0 aliphatic rings. The first-order valence-corrected chi connectivity index (χ1v) is 12.9. The lowest BCUT2D eigenvalue weighted by atomic mass is 9.91. The molecule has 0 aliphatic carbocycles. The molecule has 0 fully saturated rings. The lowest BCUT2D eigenvalue weighted by molar-refractivity contribution is -0.453. The van der Waals surface area contributed by atoms with Gasteiger partial charge in [-0.2, -0.15) is 65.9 Å². The maximum absolute atomic E-state index is 14.0. The third-order valence-corrected chi connectivity index (χ3v) is 6.42. The highest BCUT2D eigenvalue weighted by molar-refractivity contribution is 5.92. The Hall–Kier alpha value is -4.65. The third-order valence-electron chi connectivity index (χ3n) is 6.42. The Bertz CT molecular complexity index is 1610. The molecular weight excluding hydrogens is 713 g/mol. The molecule has 268 valence electrons. The summed E-state index contributed by atoms with van der Waals surface area (Å²) in [6.07, 6.45) is -7.72. The molecule has 0 spiro atoms. The predicted octanol–water partition coefficient (Wildman–Crippen LogP) is 9.02. The highest BCUT2D eigenvalue weighted by atomic mass is 19.4. The number of alkyl halides is 15. The first-order chi connectivity index (χ1) is 22.3. The maximum Gasteiger partial charge on any atom is 0.460 e. The maximum atomic E-state index is 14.0. The minimum Gasteiger partial charge on any atom is -0.489 e. The van der Waals surface area contributed by atoms with Gasteiger partial charge in [0.15, 0.2) is 6.61 Å². The van der Waals surface area contributed by atoms with Crippen molar-refractivity contribution in [2.75, 3.05) is 6.61 Å². The predicted molar refractivity (Wildman–Crippen MR) is 135 cm³/mol. The summed E-state index contributed by atoms with van der Waals surface area (Å²) in [5, 5.41) is 0. The monoisotopic (exact) mass is 730 g/mol. The van der Waals surface area contributed by atoms with Crippen molar-refractivity contribution in [2.45, 2.75) is 48.3 Å². The first-order valence-electron chi connectivity index (χ1n) is 12.9. The van der Waals surface area contributed by atoms with Crippen molar-refractivity contribution in [3.63, 3.8) is 0 Å². The number of esters is 2. The molecule has 3 rings (SSSR count). The van der Waals surface area contributed by atoms with Crippen molar-refractivity contribution in [1.29, 1.82) is 0 Å². The minimum atomic E-state index is -8.46. The zero-order valence-corrected chi connectivity index (χ0v) is 23.6. The Morgan fingerprint density at radius 2 is 0.918 bits per heavy atom. The van der Waals surface area contributed by atoms with Crippen molar-refractivity contribution in [2.24, 2.45) is 0 Å². The normalized spacial score (nSPS) is 13.5. The number of hydrogen-bond acceptors (Lipinski definition) is 5. The number of hydrogen-bond donors (Lipinski definition) is 0. The van der Waals surface area contributed by atoms with Crippen LogP contribution in [0.3, 0.4) is 0 Å². The van der Waals surface area contributed by atoms with Gasteiger partial charge in [-0.25, -0.2) is 9.59 Å². The molecule has 0 atom stereocenters. The smallest absolute Gasteiger partial charge is 0.460 e. The fraction of sp³-hybridized carbons (Fsp3) is 0.310. The summed E-state index contributed by atoms with van der Waals surface area (Å²) in [4.78, 5) is 24.4. The highest BCUT2D eigenvalue weighted by Gasteiger charge is 2.93. The second-order valence-corrected chi connectivity index (χ2v) is 9.86. The minimum absolute atomic E-state index is 0.0130. The van der Waals surface area contributed by atoms with E-state index in [2.05, 4.69) is 4.74 Å². The third kappa shape index (κ3) is 7.36. The molecule has 0 radical (unpaired) electrons. The zero-order chi connectivity index (χ0) is 37.3. The zero-order valence-electron chi connectivity index (χ0n) is 23.6. The summed E-state index contributed by atoms with van der Waals surface area (Å²) in [6, 6.07) is 17.4. The molecule has 3 aromatic rings. The molecule has 5 nitrogen and oxygen atoms in total. The lowest BCUT2D eigenvalue weighted by Crippen LogP contribution is -2.73. The molecule has 0 amide bonds. The van der Waals surface area contributed by atoms with Crippen LogP contribution in [-0.2, 0) is 11.3 Å². The summed E-state index contributed by atoms with van der Waals surface area (Å²) < 4.78 is 214. The van der Waals surface area contributed by atoms with E-state index in [4.69, 9.17) is 9.47 Å². The summed E-state index contributed by atoms with van der Waals surface area (Å²) in [6.45, 7) is -3.07. The molecule has 0 saturated heterocycles. The van der Waals surface area contributed by atoms with Gasteiger partial charge in [0.1, 0.15) is 18.1 Å². The van der Waals surface area contributed by atoms with Gasteiger partial charge in [-0.15, -0.1) is 0 Å². The second-order valence-electron chi connectivity index (χ2n) is 9.86. The van der Waals surface area contributed by atoms with Gasteiger partial charge in [0.25, 0.3) is 0 Å². The topological polar surface area (TPSA) is 61.8 Å². The quantitative estimate of drug-likeness (QED) is 0.0999. The van der Waals surface area contributed by atoms with Gasteiger partial charge in [-0.05, 0) is 54.1 Å². The molecule has 0 unspecified atom stereocenters. The van der Waals surface area contributed by atoms with Crippen molar-refractivity contribution in [3.05, 3.63) is 95.6 Å². The van der Waals surface area contributed by atoms with Crippen molar-refractivity contribution < 1.29 is 89.7 Å². The van der Waals surface area contributed by atoms with Crippen LogP contribution in [0.2, 0.25) is 0 Å². The summed E-state index contributed by atoms with van der Waals surface area (Å²) in [7, 11) is 0. The van der Waals surface area contributed by atoms with Crippen LogP contribution in [0, 0.1) is 0 Å². The largest absolute Gasteiger partial charge is 0.489 e. The molecule has 20 heteroatoms. The van der Waals surface area contributed by atoms with Gasteiger partial charge in [0, 0.05) is 0 Å². The van der Waals surface area contributed by atoms with E-state index in [0.717, 1.165) is 17.7 Å². The molecule has 0 bridgehead atoms. The fourth-order valence-electron chi connectivity index (χ4n) is 3.58. The van der Waals surface area contributed by atoms with E-state index in [9.17, 15) is 75.4 Å². The van der Waals surface area contributed by atoms with Crippen LogP contribution >= 0.6 is 0 Å². The van der Waals surface area contributed by atoms with E-state index in [1.54, 1.807) is 18.2 Å². The number of rotatable bonds is 13. The van der Waals surface area contributed by atoms with Crippen LogP contribution in [0.15, 0.2) is 78.9 Å². The van der Waals surface area contributed by atoms with Crippen LogP contribution in [0.5, 0.6) is 11.5 Å². The Morgan fingerprint density at radius 1 is 0.490 bits per heavy atom. The van der Waals surface area contributed by atoms with Gasteiger partial charge < -0.3 is 14.2 Å². The van der Waals surface area contributed by atoms with Crippen molar-refractivity contribution in [3.8, 4) is 11.5 Å². The molecular formula is C29H17F15O5. The Labute approximate surface area is 264 Å². The fourth-order valence-corrected chi connectivity index (χ4v) is 3.58. The number of carbonyl (C=O) groups is 2. The molecule has 0 saturated carbocycles. The molecule has 49 heavy (non-hydrogen) atoms. The Balaban J connectivity index is 1.64. The van der Waals surface area contributed by atoms with E-state index >= 15 is 0 Å². The Kier molecular flexibility index (Phi) is 10.6. The van der Waals surface area contributed by atoms with Crippen LogP contribution in [0.1, 0.15) is 26.3 Å². The van der Waals surface area contributed by atoms with Crippen LogP contribution in [0.25, 0.3) is 0 Å². The average molecular weight is 730 g/mol. The SMILES string of the molecule is O=C(OCC(F)(F)C(F)(F)C(F)(F)C(F)(F)C(F)(F)C(F)(F)C(F)(F)F)c1ccc(OC(=O)c2ccc(OCc3ccccc3)cc2)cc1. The summed E-state index contributed by atoms with van der Waals surface area (Å²) in [5.41, 5.74) is -0.00946. The molecule has 0 aromatic heterocycles. The van der Waals surface area contributed by atoms with Gasteiger partial charge in [-0.3, -0.25) is 0 Å². The number of carbonyl (C=O) groups excluding carboxylic acids is 2. The van der Waals surface area contributed by atoms with Crippen LogP contribution in [-0.4, -0.2) is 60.3 Å². The van der Waals surface area contributed by atoms with E-state index < -0.39 is 65.8 Å². The standard InChI is InChI=1S/C29H17F15O5/c30-23(31,24(32,33)25(34,35)26(36,37)27(38,39)28(40,41)29(42,43)44)15-48-21(45)17-8-12-20(13-9-17)49-22(46)18-6-10-19(11-7-18)47-14-16-4-2-1-3-5-16/h1-13H,14-15H2. The lowest BCUT2D eigenvalue weighted by Gasteiger charge is -2.41. The van der Waals surface area contributed by atoms with Crippen molar-refractivity contribution in [1.82, 2.24) is 0 Å². The van der Waals surface area contributed by atoms with Gasteiger partial charge in [-0.1, -0.05) is 30.3 Å². The van der Waals surface area contributed by atoms with Crippen LogP contribution < -0.4 is 9.47 Å². The molecule has 0 aliphatic heterocycles. The number of halogens is 15. The Morgan fingerprint density at radius 3 is 1.41 bits per heavy atom. The molecule has 0 heterocycles. The van der Waals surface area contributed by atoms with E-state index in [1.807, 2.05) is 12.1 Å². The van der Waals surface area contributed by atoms with Gasteiger partial charge in [0.2, 0.25) is 0 Å². The number of benzene rings is 3. The van der Waals surface area contributed by atoms with E-state index in [-0.39, 0.29) is 17.9 Å². The van der Waals surface area contributed by atoms with Gasteiger partial charge >= 0.3 is 53.7 Å². The average Bonchev–Trinajstić information content (AvgIpc) is 3.02. The summed E-state index contributed by atoms with van der Waals surface area (Å²) in [5.74, 6) is -50.8. The van der Waals surface area contributed by atoms with Crippen molar-refractivity contribution >= 4 is 11.9 Å². The second kappa shape index (κ2) is 13.3. The van der Waals surface area contributed by atoms with E-state index in [0.29, 0.717) is 17.9 Å². The molecule has 0 N–H and O–H groups in total. The molecule has 3 aromatic carbocycles. The van der Waals surface area contributed by atoms with Gasteiger partial charge in [0.05, 0.1) is 11.1 Å². The first kappa shape index (κ1) is 38.8. The highest BCUT2D eigenvalue weighted by Crippen LogP contribution is 2.62. The number of ether oxygens (including phenoxy) is 3. The van der Waals surface area contributed by atoms with Crippen LogP contribution in [0.4, 0.5) is 65.9 Å².